The molecular weight excluding hydrogens is 380 g/mol. The second-order valence-corrected chi connectivity index (χ2v) is 5.46. The van der Waals surface area contributed by atoms with Gasteiger partial charge in [0.1, 0.15) is 19.8 Å². The van der Waals surface area contributed by atoms with Crippen molar-refractivity contribution in [3.05, 3.63) is 38.5 Å². The van der Waals surface area contributed by atoms with E-state index in [1.54, 1.807) is 0 Å². The molecule has 24 heavy (non-hydrogen) atoms. The van der Waals surface area contributed by atoms with Crippen LogP contribution in [-0.2, 0) is 28.4 Å². The summed E-state index contributed by atoms with van der Waals surface area (Å²) in [5, 5.41) is 0.674. The zero-order chi connectivity index (χ0) is 17.9. The molecule has 0 aliphatic heterocycles. The van der Waals surface area contributed by atoms with E-state index < -0.39 is 0 Å². The van der Waals surface area contributed by atoms with E-state index in [1.807, 2.05) is 0 Å². The molecule has 0 aromatic heterocycles. The molecule has 0 aromatic rings. The van der Waals surface area contributed by atoms with Gasteiger partial charge in [0.2, 0.25) is 0 Å². The van der Waals surface area contributed by atoms with Crippen molar-refractivity contribution < 1.29 is 28.4 Å². The maximum absolute atomic E-state index is 5.69. The minimum Gasteiger partial charge on any atom is -0.499 e. The lowest BCUT2D eigenvalue weighted by Gasteiger charge is -2.31. The van der Waals surface area contributed by atoms with Gasteiger partial charge in [-0.1, -0.05) is 35.7 Å². The number of rotatable bonds is 19. The van der Waals surface area contributed by atoms with Gasteiger partial charge in [0.05, 0.1) is 63.8 Å². The summed E-state index contributed by atoms with van der Waals surface area (Å²) >= 11 is 3.54. The summed E-state index contributed by atoms with van der Waals surface area (Å²) in [4.78, 5) is 0. The van der Waals surface area contributed by atoms with Crippen LogP contribution in [0, 0.1) is 5.41 Å². The second kappa shape index (κ2) is 16.8. The molecule has 0 heterocycles. The van der Waals surface area contributed by atoms with Crippen LogP contribution < -0.4 is 0 Å². The quantitative estimate of drug-likeness (QED) is 0.186. The molecule has 0 rings (SSSR count). The minimum absolute atomic E-state index is 0.309. The highest BCUT2D eigenvalue weighted by molar-refractivity contribution is 9.09. The minimum atomic E-state index is -0.309. The van der Waals surface area contributed by atoms with Crippen molar-refractivity contribution in [1.82, 2.24) is 0 Å². The average molecular weight is 409 g/mol. The first-order valence-corrected chi connectivity index (χ1v) is 8.83. The number of alkyl halides is 1. The Labute approximate surface area is 153 Å². The standard InChI is InChI=1S/C17H29BrO6/c1-4-19-7-10-22-14-17(13-18,15-23-11-8-20-5-2)16-24-12-9-21-6-3/h4-6H,1-3,7-16H2. The van der Waals surface area contributed by atoms with Gasteiger partial charge in [0.25, 0.3) is 0 Å². The fourth-order valence-corrected chi connectivity index (χ4v) is 2.16. The van der Waals surface area contributed by atoms with E-state index >= 15 is 0 Å². The zero-order valence-corrected chi connectivity index (χ0v) is 15.8. The normalized spacial score (nSPS) is 10.9. The Morgan fingerprint density at radius 2 is 0.958 bits per heavy atom. The summed E-state index contributed by atoms with van der Waals surface area (Å²) in [6.07, 6.45) is 4.19. The molecule has 0 spiro atoms. The van der Waals surface area contributed by atoms with Gasteiger partial charge >= 0.3 is 0 Å². The average Bonchev–Trinajstić information content (AvgIpc) is 2.60. The molecule has 0 aliphatic rings. The van der Waals surface area contributed by atoms with Gasteiger partial charge in [-0.2, -0.15) is 0 Å². The van der Waals surface area contributed by atoms with Gasteiger partial charge in [-0.05, 0) is 0 Å². The molecule has 0 bridgehead atoms. The van der Waals surface area contributed by atoms with Crippen LogP contribution in [0.4, 0.5) is 0 Å². The molecule has 6 nitrogen and oxygen atoms in total. The Bertz CT molecular complexity index is 279. The highest BCUT2D eigenvalue weighted by Gasteiger charge is 2.30. The van der Waals surface area contributed by atoms with Crippen molar-refractivity contribution in [1.29, 1.82) is 0 Å². The van der Waals surface area contributed by atoms with Gasteiger partial charge in [-0.25, -0.2) is 0 Å². The third-order valence-corrected chi connectivity index (χ3v) is 4.09. The van der Waals surface area contributed by atoms with Crippen molar-refractivity contribution in [3.63, 3.8) is 0 Å². The van der Waals surface area contributed by atoms with Crippen LogP contribution in [0.15, 0.2) is 38.5 Å². The lowest BCUT2D eigenvalue weighted by atomic mass is 9.94. The van der Waals surface area contributed by atoms with Crippen LogP contribution in [-0.4, -0.2) is 64.8 Å². The lowest BCUT2D eigenvalue weighted by Crippen LogP contribution is -2.40. The first kappa shape index (κ1) is 23.0. The van der Waals surface area contributed by atoms with Gasteiger partial charge in [0.15, 0.2) is 0 Å². The Balaban J connectivity index is 4.29. The Kier molecular flexibility index (Phi) is 16.1. The van der Waals surface area contributed by atoms with Gasteiger partial charge in [-0.3, -0.25) is 0 Å². The molecule has 0 unspecified atom stereocenters. The maximum atomic E-state index is 5.69. The molecular formula is C17H29BrO6. The van der Waals surface area contributed by atoms with Gasteiger partial charge in [-0.15, -0.1) is 0 Å². The smallest absolute Gasteiger partial charge is 0.111 e. The molecule has 7 heteroatoms. The van der Waals surface area contributed by atoms with Crippen molar-refractivity contribution in [2.24, 2.45) is 5.41 Å². The molecule has 0 fully saturated rings. The Morgan fingerprint density at radius 3 is 1.21 bits per heavy atom. The summed E-state index contributed by atoms with van der Waals surface area (Å²) in [6, 6.07) is 0. The summed E-state index contributed by atoms with van der Waals surface area (Å²) in [7, 11) is 0. The molecule has 0 amide bonds. The van der Waals surface area contributed by atoms with Crippen LogP contribution in [0.5, 0.6) is 0 Å². The zero-order valence-electron chi connectivity index (χ0n) is 14.3. The van der Waals surface area contributed by atoms with Crippen LogP contribution in [0.1, 0.15) is 0 Å². The van der Waals surface area contributed by atoms with E-state index in [9.17, 15) is 0 Å². The van der Waals surface area contributed by atoms with Crippen molar-refractivity contribution in [2.75, 3.05) is 64.8 Å². The molecule has 140 valence electrons. The first-order valence-electron chi connectivity index (χ1n) is 7.71. The number of hydrogen-bond acceptors (Lipinski definition) is 6. The topological polar surface area (TPSA) is 55.4 Å². The summed E-state index contributed by atoms with van der Waals surface area (Å²) in [5.74, 6) is 0. The Hall–Kier alpha value is -1.02. The van der Waals surface area contributed by atoms with E-state index in [2.05, 4.69) is 35.7 Å². The number of ether oxygens (including phenoxy) is 6. The molecule has 0 aliphatic carbocycles. The van der Waals surface area contributed by atoms with Crippen molar-refractivity contribution >= 4 is 15.9 Å². The third kappa shape index (κ3) is 12.4. The predicted molar refractivity (Wildman–Crippen MR) is 97.1 cm³/mol. The molecule has 0 aromatic carbocycles. The highest BCUT2D eigenvalue weighted by atomic mass is 79.9. The van der Waals surface area contributed by atoms with Crippen molar-refractivity contribution in [3.8, 4) is 0 Å². The highest BCUT2D eigenvalue weighted by Crippen LogP contribution is 2.22. The fraction of sp³-hybridized carbons (Fsp3) is 0.647. The summed E-state index contributed by atoms with van der Waals surface area (Å²) < 4.78 is 32.2. The van der Waals surface area contributed by atoms with Crippen LogP contribution in [0.25, 0.3) is 0 Å². The third-order valence-electron chi connectivity index (χ3n) is 2.90. The van der Waals surface area contributed by atoms with Crippen LogP contribution in [0.2, 0.25) is 0 Å². The van der Waals surface area contributed by atoms with Crippen LogP contribution >= 0.6 is 15.9 Å². The Morgan fingerprint density at radius 1 is 0.625 bits per heavy atom. The van der Waals surface area contributed by atoms with Gasteiger partial charge in [0, 0.05) is 5.33 Å². The number of hydrogen-bond donors (Lipinski definition) is 0. The number of halogens is 1. The lowest BCUT2D eigenvalue weighted by molar-refractivity contribution is -0.0692. The summed E-state index contributed by atoms with van der Waals surface area (Å²) in [6.45, 7) is 14.7. The van der Waals surface area contributed by atoms with E-state index in [0.29, 0.717) is 64.8 Å². The largest absolute Gasteiger partial charge is 0.499 e. The monoisotopic (exact) mass is 408 g/mol. The van der Waals surface area contributed by atoms with E-state index in [-0.39, 0.29) is 5.41 Å². The molecule has 0 atom stereocenters. The molecule has 0 saturated heterocycles. The SMILES string of the molecule is C=COCCOCC(CBr)(COCCOC=C)COCCOC=C. The fourth-order valence-electron chi connectivity index (χ4n) is 1.68. The maximum Gasteiger partial charge on any atom is 0.111 e. The molecule has 0 N–H and O–H groups in total. The molecule has 0 saturated carbocycles. The van der Waals surface area contributed by atoms with E-state index in [1.165, 1.54) is 18.8 Å². The van der Waals surface area contributed by atoms with Crippen LogP contribution in [0.3, 0.4) is 0 Å². The summed E-state index contributed by atoms with van der Waals surface area (Å²) in [5.41, 5.74) is -0.309. The van der Waals surface area contributed by atoms with Crippen molar-refractivity contribution in [2.45, 2.75) is 0 Å². The second-order valence-electron chi connectivity index (χ2n) is 4.90. The van der Waals surface area contributed by atoms with Gasteiger partial charge < -0.3 is 28.4 Å². The predicted octanol–water partition coefficient (Wildman–Crippen LogP) is 2.90. The molecule has 0 radical (unpaired) electrons. The van der Waals surface area contributed by atoms with E-state index in [4.69, 9.17) is 28.4 Å². The first-order chi connectivity index (χ1) is 11.7. The van der Waals surface area contributed by atoms with E-state index in [0.717, 1.165) is 0 Å².